The fourth-order valence-corrected chi connectivity index (χ4v) is 3.61. The molecule has 0 radical (unpaired) electrons. The maximum Gasteiger partial charge on any atom is 0.306 e. The molecule has 0 amide bonds. The van der Waals surface area contributed by atoms with Crippen LogP contribution in [0.1, 0.15) is 50.4 Å². The van der Waals surface area contributed by atoms with Crippen molar-refractivity contribution in [3.63, 3.8) is 0 Å². The molecule has 20 heavy (non-hydrogen) atoms. The second kappa shape index (κ2) is 6.61. The number of carboxylic acid groups (broad SMARTS) is 1. The van der Waals surface area contributed by atoms with Gasteiger partial charge in [-0.15, -0.1) is 0 Å². The first-order valence-corrected chi connectivity index (χ1v) is 7.85. The Hall–Kier alpha value is -1.03. The van der Waals surface area contributed by atoms with Crippen molar-refractivity contribution in [2.75, 3.05) is 0 Å². The predicted octanol–water partition coefficient (Wildman–Crippen LogP) is 3.46. The van der Waals surface area contributed by atoms with E-state index in [1.807, 2.05) is 18.7 Å². The Labute approximate surface area is 125 Å². The summed E-state index contributed by atoms with van der Waals surface area (Å²) >= 11 is 6.39. The van der Waals surface area contributed by atoms with Gasteiger partial charge in [0, 0.05) is 7.05 Å². The quantitative estimate of drug-likeness (QED) is 0.866. The number of halogens is 1. The van der Waals surface area contributed by atoms with Gasteiger partial charge in [0.05, 0.1) is 22.3 Å². The van der Waals surface area contributed by atoms with E-state index in [9.17, 15) is 9.90 Å². The molecule has 1 fully saturated rings. The monoisotopic (exact) mass is 298 g/mol. The molecule has 4 nitrogen and oxygen atoms in total. The largest absolute Gasteiger partial charge is 0.481 e. The van der Waals surface area contributed by atoms with E-state index >= 15 is 0 Å². The summed E-state index contributed by atoms with van der Waals surface area (Å²) in [5, 5.41) is 14.6. The van der Waals surface area contributed by atoms with Gasteiger partial charge in [-0.3, -0.25) is 9.48 Å². The smallest absolute Gasteiger partial charge is 0.306 e. The summed E-state index contributed by atoms with van der Waals surface area (Å²) < 4.78 is 1.82. The highest BCUT2D eigenvalue weighted by atomic mass is 35.5. The van der Waals surface area contributed by atoms with E-state index < -0.39 is 5.97 Å². The molecular formula is C15H23ClN2O2. The standard InChI is InChI=1S/C15H23ClN2O2/c1-3-12-14(16)13(18(2)17-12)9-10-7-5-4-6-8-11(10)15(19)20/h10-11H,3-9H2,1-2H3,(H,19,20). The summed E-state index contributed by atoms with van der Waals surface area (Å²) in [6, 6.07) is 0. The summed E-state index contributed by atoms with van der Waals surface area (Å²) in [5.41, 5.74) is 1.89. The number of aromatic nitrogens is 2. The lowest BCUT2D eigenvalue weighted by Gasteiger charge is -2.21. The van der Waals surface area contributed by atoms with Crippen LogP contribution in [0.4, 0.5) is 0 Å². The minimum Gasteiger partial charge on any atom is -0.481 e. The summed E-state index contributed by atoms with van der Waals surface area (Å²) in [7, 11) is 1.90. The third kappa shape index (κ3) is 3.17. The molecule has 0 saturated heterocycles. The van der Waals surface area contributed by atoms with E-state index in [4.69, 9.17) is 11.6 Å². The topological polar surface area (TPSA) is 55.1 Å². The molecule has 0 aliphatic heterocycles. The summed E-state index contributed by atoms with van der Waals surface area (Å²) in [6.07, 6.45) is 6.56. The maximum absolute atomic E-state index is 11.5. The Morgan fingerprint density at radius 2 is 2.10 bits per heavy atom. The van der Waals surface area contributed by atoms with Crippen LogP contribution in [0.25, 0.3) is 0 Å². The molecule has 1 aliphatic rings. The molecule has 1 heterocycles. The van der Waals surface area contributed by atoms with Gasteiger partial charge in [-0.25, -0.2) is 0 Å². The van der Waals surface area contributed by atoms with Crippen LogP contribution >= 0.6 is 11.6 Å². The third-order valence-corrected chi connectivity index (χ3v) is 4.87. The molecule has 1 N–H and O–H groups in total. The van der Waals surface area contributed by atoms with Crippen LogP contribution in [0.5, 0.6) is 0 Å². The first-order valence-electron chi connectivity index (χ1n) is 7.47. The summed E-state index contributed by atoms with van der Waals surface area (Å²) in [6.45, 7) is 2.03. The van der Waals surface area contributed by atoms with Crippen LogP contribution in [-0.4, -0.2) is 20.9 Å². The molecule has 112 valence electrons. The normalized spacial score (nSPS) is 23.6. The molecule has 2 rings (SSSR count). The van der Waals surface area contributed by atoms with Crippen molar-refractivity contribution in [3.8, 4) is 0 Å². The van der Waals surface area contributed by atoms with Gasteiger partial charge in [-0.1, -0.05) is 37.8 Å². The van der Waals surface area contributed by atoms with Gasteiger partial charge in [-0.2, -0.15) is 5.10 Å². The number of aryl methyl sites for hydroxylation is 2. The summed E-state index contributed by atoms with van der Waals surface area (Å²) in [4.78, 5) is 11.5. The van der Waals surface area contributed by atoms with Crippen molar-refractivity contribution in [2.45, 2.75) is 51.9 Å². The van der Waals surface area contributed by atoms with Crippen LogP contribution in [0, 0.1) is 11.8 Å². The van der Waals surface area contributed by atoms with Gasteiger partial charge in [0.25, 0.3) is 0 Å². The fraction of sp³-hybridized carbons (Fsp3) is 0.733. The van der Waals surface area contributed by atoms with Gasteiger partial charge in [0.1, 0.15) is 0 Å². The van der Waals surface area contributed by atoms with E-state index in [-0.39, 0.29) is 11.8 Å². The Kier molecular flexibility index (Phi) is 5.08. The number of hydrogen-bond acceptors (Lipinski definition) is 2. The van der Waals surface area contributed by atoms with Gasteiger partial charge < -0.3 is 5.11 Å². The minimum absolute atomic E-state index is 0.174. The van der Waals surface area contributed by atoms with Crippen molar-refractivity contribution in [2.24, 2.45) is 18.9 Å². The number of carboxylic acids is 1. The van der Waals surface area contributed by atoms with Crippen LogP contribution in [-0.2, 0) is 24.7 Å². The lowest BCUT2D eigenvalue weighted by atomic mass is 9.84. The molecule has 2 atom stereocenters. The molecule has 0 spiro atoms. The lowest BCUT2D eigenvalue weighted by molar-refractivity contribution is -0.143. The number of aliphatic carboxylic acids is 1. The van der Waals surface area contributed by atoms with Crippen molar-refractivity contribution < 1.29 is 9.90 Å². The van der Waals surface area contributed by atoms with Gasteiger partial charge in [0.15, 0.2) is 0 Å². The van der Waals surface area contributed by atoms with E-state index in [0.717, 1.165) is 61.4 Å². The molecule has 0 bridgehead atoms. The Bertz CT molecular complexity index is 484. The second-order valence-corrected chi connectivity index (χ2v) is 6.11. The molecular weight excluding hydrogens is 276 g/mol. The second-order valence-electron chi connectivity index (χ2n) is 5.73. The van der Waals surface area contributed by atoms with Crippen LogP contribution in [0.15, 0.2) is 0 Å². The van der Waals surface area contributed by atoms with Gasteiger partial charge in [0.2, 0.25) is 0 Å². The van der Waals surface area contributed by atoms with Gasteiger partial charge >= 0.3 is 5.97 Å². The highest BCUT2D eigenvalue weighted by molar-refractivity contribution is 6.31. The zero-order chi connectivity index (χ0) is 14.7. The van der Waals surface area contributed by atoms with Crippen molar-refractivity contribution in [1.29, 1.82) is 0 Å². The average molecular weight is 299 g/mol. The Balaban J connectivity index is 2.22. The van der Waals surface area contributed by atoms with Crippen LogP contribution in [0.2, 0.25) is 5.02 Å². The number of carbonyl (C=O) groups is 1. The van der Waals surface area contributed by atoms with Crippen molar-refractivity contribution in [1.82, 2.24) is 9.78 Å². The lowest BCUT2D eigenvalue weighted by Crippen LogP contribution is -2.25. The predicted molar refractivity (Wildman–Crippen MR) is 79.0 cm³/mol. The third-order valence-electron chi connectivity index (χ3n) is 4.43. The van der Waals surface area contributed by atoms with E-state index in [1.165, 1.54) is 0 Å². The molecule has 1 aromatic heterocycles. The average Bonchev–Trinajstić information content (AvgIpc) is 2.60. The zero-order valence-electron chi connectivity index (χ0n) is 12.2. The van der Waals surface area contributed by atoms with E-state index in [2.05, 4.69) is 5.10 Å². The van der Waals surface area contributed by atoms with Crippen molar-refractivity contribution >= 4 is 17.6 Å². The van der Waals surface area contributed by atoms with Crippen molar-refractivity contribution in [3.05, 3.63) is 16.4 Å². The first kappa shape index (κ1) is 15.4. The highest BCUT2D eigenvalue weighted by Crippen LogP contribution is 2.34. The first-order chi connectivity index (χ1) is 9.54. The van der Waals surface area contributed by atoms with Crippen LogP contribution < -0.4 is 0 Å². The number of nitrogens with zero attached hydrogens (tertiary/aromatic N) is 2. The SMILES string of the molecule is CCc1nn(C)c(CC2CCCCCC2C(=O)O)c1Cl. The van der Waals surface area contributed by atoms with E-state index in [0.29, 0.717) is 0 Å². The maximum atomic E-state index is 11.5. The molecule has 1 aromatic rings. The molecule has 2 unspecified atom stereocenters. The van der Waals surface area contributed by atoms with Gasteiger partial charge in [-0.05, 0) is 31.6 Å². The zero-order valence-corrected chi connectivity index (χ0v) is 13.0. The Morgan fingerprint density at radius 3 is 2.70 bits per heavy atom. The number of rotatable bonds is 4. The number of hydrogen-bond donors (Lipinski definition) is 1. The fourth-order valence-electron chi connectivity index (χ4n) is 3.24. The highest BCUT2D eigenvalue weighted by Gasteiger charge is 2.31. The summed E-state index contributed by atoms with van der Waals surface area (Å²) in [5.74, 6) is -0.730. The van der Waals surface area contributed by atoms with E-state index in [1.54, 1.807) is 0 Å². The molecule has 0 aromatic carbocycles. The molecule has 5 heteroatoms. The molecule has 1 aliphatic carbocycles. The molecule has 1 saturated carbocycles. The minimum atomic E-state index is -0.661. The Morgan fingerprint density at radius 1 is 1.40 bits per heavy atom. The van der Waals surface area contributed by atoms with Crippen LogP contribution in [0.3, 0.4) is 0 Å².